The largest absolute Gasteiger partial charge is 0.377 e. The smallest absolute Gasteiger partial charge is 0.194 e. The van der Waals surface area contributed by atoms with Crippen molar-refractivity contribution in [3.63, 3.8) is 0 Å². The van der Waals surface area contributed by atoms with Crippen LogP contribution >= 0.6 is 24.0 Å². The van der Waals surface area contributed by atoms with E-state index >= 15 is 0 Å². The molecule has 4 nitrogen and oxygen atoms in total. The van der Waals surface area contributed by atoms with Crippen LogP contribution in [0, 0.1) is 16.7 Å². The quantitative estimate of drug-likeness (QED) is 0.402. The maximum atomic E-state index is 6.07. The first-order valence-electron chi connectivity index (χ1n) is 9.94. The van der Waals surface area contributed by atoms with Gasteiger partial charge in [-0.05, 0) is 50.9 Å². The summed E-state index contributed by atoms with van der Waals surface area (Å²) in [7, 11) is 0. The Morgan fingerprint density at radius 3 is 2.58 bits per heavy atom. The third-order valence-electron chi connectivity index (χ3n) is 7.78. The highest BCUT2D eigenvalue weighted by Gasteiger charge is 2.67. The van der Waals surface area contributed by atoms with Crippen LogP contribution in [0.4, 0.5) is 0 Å². The Kier molecular flexibility index (Phi) is 4.55. The second-order valence-electron chi connectivity index (χ2n) is 8.78. The van der Waals surface area contributed by atoms with Crippen molar-refractivity contribution < 1.29 is 4.74 Å². The molecule has 5 fully saturated rings. The van der Waals surface area contributed by atoms with Crippen LogP contribution in [0.3, 0.4) is 0 Å². The first-order chi connectivity index (χ1) is 11.3. The minimum absolute atomic E-state index is 0. The zero-order chi connectivity index (χ0) is 15.5. The summed E-state index contributed by atoms with van der Waals surface area (Å²) in [6.45, 7) is 6.47. The molecule has 2 spiro atoms. The summed E-state index contributed by atoms with van der Waals surface area (Å²) < 4.78 is 6.07. The summed E-state index contributed by atoms with van der Waals surface area (Å²) >= 11 is 0. The second kappa shape index (κ2) is 6.29. The lowest BCUT2D eigenvalue weighted by molar-refractivity contribution is -0.171. The highest BCUT2D eigenvalue weighted by molar-refractivity contribution is 14.0. The zero-order valence-corrected chi connectivity index (χ0v) is 17.3. The Labute approximate surface area is 163 Å². The van der Waals surface area contributed by atoms with Crippen molar-refractivity contribution in [2.75, 3.05) is 26.2 Å². The lowest BCUT2D eigenvalue weighted by Gasteiger charge is -2.63. The summed E-state index contributed by atoms with van der Waals surface area (Å²) in [5.41, 5.74) is 1.09. The third-order valence-corrected chi connectivity index (χ3v) is 7.78. The Hall–Kier alpha value is -0.0400. The van der Waals surface area contributed by atoms with Gasteiger partial charge in [-0.2, -0.15) is 0 Å². The number of guanidine groups is 1. The third kappa shape index (κ3) is 2.36. The van der Waals surface area contributed by atoms with Gasteiger partial charge in [-0.15, -0.1) is 24.0 Å². The maximum absolute atomic E-state index is 6.07. The standard InChI is InChI=1S/C19H31N3O.HI/c1-2-20-17(22-11-10-18(13-22)6-3-7-18)21-15-14-5-12-23-16(14)19(15)8-4-9-19;/h14-16H,2-13H2,1H3,(H,20,21);1H. The van der Waals surface area contributed by atoms with Crippen LogP contribution in [0.25, 0.3) is 0 Å². The topological polar surface area (TPSA) is 36.9 Å². The van der Waals surface area contributed by atoms with Gasteiger partial charge in [0, 0.05) is 43.6 Å². The van der Waals surface area contributed by atoms with Gasteiger partial charge in [0.2, 0.25) is 0 Å². The zero-order valence-electron chi connectivity index (χ0n) is 14.9. The average Bonchev–Trinajstić information content (AvgIpc) is 3.07. The number of aliphatic imine (C=N–C) groups is 1. The summed E-state index contributed by atoms with van der Waals surface area (Å²) in [5, 5.41) is 3.94. The van der Waals surface area contributed by atoms with Crippen LogP contribution in [0.15, 0.2) is 4.99 Å². The molecule has 5 heteroatoms. The molecule has 0 radical (unpaired) electrons. The number of hydrogen-bond acceptors (Lipinski definition) is 2. The van der Waals surface area contributed by atoms with E-state index in [0.29, 0.717) is 23.0 Å². The minimum Gasteiger partial charge on any atom is -0.377 e. The van der Waals surface area contributed by atoms with Gasteiger partial charge in [0.05, 0.1) is 6.10 Å². The van der Waals surface area contributed by atoms with E-state index in [4.69, 9.17) is 9.73 Å². The van der Waals surface area contributed by atoms with Crippen LogP contribution in [-0.4, -0.2) is 49.2 Å². The van der Waals surface area contributed by atoms with Gasteiger partial charge in [0.1, 0.15) is 0 Å². The van der Waals surface area contributed by atoms with Gasteiger partial charge < -0.3 is 15.0 Å². The van der Waals surface area contributed by atoms with Crippen LogP contribution in [0.2, 0.25) is 0 Å². The molecule has 5 aliphatic rings. The fourth-order valence-corrected chi connectivity index (χ4v) is 6.18. The van der Waals surface area contributed by atoms with Crippen LogP contribution in [0.1, 0.15) is 58.3 Å². The molecule has 3 atom stereocenters. The van der Waals surface area contributed by atoms with E-state index in [-0.39, 0.29) is 24.0 Å². The van der Waals surface area contributed by atoms with Gasteiger partial charge >= 0.3 is 0 Å². The molecule has 3 aliphatic carbocycles. The number of halogens is 1. The number of ether oxygens (including phenoxy) is 1. The molecule has 2 heterocycles. The monoisotopic (exact) mass is 445 g/mol. The molecule has 24 heavy (non-hydrogen) atoms. The molecule has 0 aromatic heterocycles. The molecular formula is C19H32IN3O. The summed E-state index contributed by atoms with van der Waals surface area (Å²) in [6, 6.07) is 0.618. The van der Waals surface area contributed by atoms with E-state index in [1.165, 1.54) is 70.4 Å². The Morgan fingerprint density at radius 2 is 2.00 bits per heavy atom. The van der Waals surface area contributed by atoms with Crippen LogP contribution in [0.5, 0.6) is 0 Å². The molecule has 0 bridgehead atoms. The molecule has 1 N–H and O–H groups in total. The van der Waals surface area contributed by atoms with E-state index in [1.54, 1.807) is 0 Å². The number of likely N-dealkylation sites (tertiary alicyclic amines) is 1. The van der Waals surface area contributed by atoms with Crippen molar-refractivity contribution in [3.8, 4) is 0 Å². The average molecular weight is 445 g/mol. The van der Waals surface area contributed by atoms with E-state index in [1.807, 2.05) is 0 Å². The number of fused-ring (bicyclic) bond motifs is 2. The summed E-state index contributed by atoms with van der Waals surface area (Å²) in [4.78, 5) is 7.45. The van der Waals surface area contributed by atoms with Crippen molar-refractivity contribution in [1.82, 2.24) is 10.2 Å². The lowest BCUT2D eigenvalue weighted by atomic mass is 9.46. The van der Waals surface area contributed by atoms with E-state index in [0.717, 1.165) is 19.1 Å². The molecule has 2 aliphatic heterocycles. The van der Waals surface area contributed by atoms with Crippen molar-refractivity contribution in [1.29, 1.82) is 0 Å². The van der Waals surface area contributed by atoms with Crippen molar-refractivity contribution >= 4 is 29.9 Å². The van der Waals surface area contributed by atoms with Gasteiger partial charge in [-0.1, -0.05) is 12.8 Å². The normalized spacial score (nSPS) is 38.1. The molecule has 3 unspecified atom stereocenters. The summed E-state index contributed by atoms with van der Waals surface area (Å²) in [6.07, 6.45) is 11.6. The molecule has 0 aromatic rings. The Bertz CT molecular complexity index is 515. The fourth-order valence-electron chi connectivity index (χ4n) is 6.18. The number of hydrogen-bond donors (Lipinski definition) is 1. The molecule has 5 rings (SSSR count). The molecule has 0 aromatic carbocycles. The van der Waals surface area contributed by atoms with E-state index in [9.17, 15) is 0 Å². The minimum atomic E-state index is 0. The van der Waals surface area contributed by atoms with E-state index in [2.05, 4.69) is 17.1 Å². The number of rotatable bonds is 2. The Balaban J connectivity index is 0.00000146. The summed E-state index contributed by atoms with van der Waals surface area (Å²) in [5.74, 6) is 1.94. The van der Waals surface area contributed by atoms with Crippen LogP contribution in [-0.2, 0) is 4.74 Å². The van der Waals surface area contributed by atoms with Gasteiger partial charge in [0.25, 0.3) is 0 Å². The Morgan fingerprint density at radius 1 is 1.21 bits per heavy atom. The van der Waals surface area contributed by atoms with Crippen molar-refractivity contribution in [3.05, 3.63) is 0 Å². The van der Waals surface area contributed by atoms with E-state index < -0.39 is 0 Å². The first-order valence-corrected chi connectivity index (χ1v) is 9.94. The maximum Gasteiger partial charge on any atom is 0.194 e. The second-order valence-corrected chi connectivity index (χ2v) is 8.78. The lowest BCUT2D eigenvalue weighted by Crippen LogP contribution is -2.72. The molecule has 136 valence electrons. The van der Waals surface area contributed by atoms with Crippen LogP contribution < -0.4 is 5.32 Å². The predicted octanol–water partition coefficient (Wildman–Crippen LogP) is 3.40. The number of nitrogens with one attached hydrogen (secondary N) is 1. The van der Waals surface area contributed by atoms with Crippen molar-refractivity contribution in [2.24, 2.45) is 21.7 Å². The highest BCUT2D eigenvalue weighted by atomic mass is 127. The highest BCUT2D eigenvalue weighted by Crippen LogP contribution is 2.62. The fraction of sp³-hybridized carbons (Fsp3) is 0.947. The molecular weight excluding hydrogens is 413 g/mol. The predicted molar refractivity (Wildman–Crippen MR) is 107 cm³/mol. The van der Waals surface area contributed by atoms with Gasteiger partial charge in [-0.3, -0.25) is 4.99 Å². The molecule has 3 saturated carbocycles. The number of nitrogens with zero attached hydrogens (tertiary/aromatic N) is 2. The SMILES string of the molecule is CCN=C(NC1C2CCOC2C12CCC2)N1CCC2(CCC2)C1.I. The first kappa shape index (κ1) is 17.4. The van der Waals surface area contributed by atoms with Gasteiger partial charge in [-0.25, -0.2) is 0 Å². The molecule has 0 amide bonds. The van der Waals surface area contributed by atoms with Crippen molar-refractivity contribution in [2.45, 2.75) is 70.4 Å². The van der Waals surface area contributed by atoms with Gasteiger partial charge in [0.15, 0.2) is 5.96 Å². The molecule has 2 saturated heterocycles.